The van der Waals surface area contributed by atoms with Crippen LogP contribution in [-0.2, 0) is 0 Å². The second kappa shape index (κ2) is 6.32. The third-order valence-corrected chi connectivity index (χ3v) is 4.03. The van der Waals surface area contributed by atoms with E-state index in [-0.39, 0.29) is 0 Å². The van der Waals surface area contributed by atoms with Crippen LogP contribution in [0, 0.1) is 0 Å². The van der Waals surface area contributed by atoms with Gasteiger partial charge in [0, 0.05) is 25.2 Å². The number of β-amino-alcohol motifs (C(OH)–C–C–N with tert-alkyl or cyclic N) is 1. The largest absolute Gasteiger partial charge is 0.387 e. The summed E-state index contributed by atoms with van der Waals surface area (Å²) in [5, 5.41) is 10.3. The van der Waals surface area contributed by atoms with E-state index in [1.54, 1.807) is 0 Å². The molecule has 3 atom stereocenters. The Kier molecular flexibility index (Phi) is 4.75. The van der Waals surface area contributed by atoms with E-state index in [4.69, 9.17) is 5.73 Å². The van der Waals surface area contributed by atoms with E-state index in [0.29, 0.717) is 25.2 Å². The van der Waals surface area contributed by atoms with Gasteiger partial charge in [-0.2, -0.15) is 0 Å². The molecule has 3 unspecified atom stereocenters. The molecule has 0 bridgehead atoms. The number of rotatable bonds is 4. The molecule has 0 amide bonds. The standard InChI is InChI=1S/C15H24N2O/c1-12-6-5-9-14(10-16)17(12)11-15(18)13-7-3-2-4-8-13/h2-4,7-8,12,14-15,18H,5-6,9-11,16H2,1H3. The van der Waals surface area contributed by atoms with Gasteiger partial charge in [0.1, 0.15) is 0 Å². The number of aliphatic hydroxyl groups is 1. The average Bonchev–Trinajstić information content (AvgIpc) is 2.42. The Bertz CT molecular complexity index is 355. The Balaban J connectivity index is 2.02. The van der Waals surface area contributed by atoms with Gasteiger partial charge >= 0.3 is 0 Å². The lowest BCUT2D eigenvalue weighted by Crippen LogP contribution is -2.50. The van der Waals surface area contributed by atoms with Crippen molar-refractivity contribution in [2.45, 2.75) is 44.4 Å². The van der Waals surface area contributed by atoms with Crippen LogP contribution in [0.15, 0.2) is 30.3 Å². The van der Waals surface area contributed by atoms with E-state index in [9.17, 15) is 5.11 Å². The SMILES string of the molecule is CC1CCCC(CN)N1CC(O)c1ccccc1. The summed E-state index contributed by atoms with van der Waals surface area (Å²) in [6.45, 7) is 3.61. The van der Waals surface area contributed by atoms with Gasteiger partial charge in [-0.05, 0) is 25.3 Å². The summed E-state index contributed by atoms with van der Waals surface area (Å²) < 4.78 is 0. The first kappa shape index (κ1) is 13.5. The lowest BCUT2D eigenvalue weighted by atomic mass is 9.95. The fourth-order valence-electron chi connectivity index (χ4n) is 2.90. The summed E-state index contributed by atoms with van der Waals surface area (Å²) in [5.74, 6) is 0. The molecule has 0 saturated carbocycles. The molecule has 0 aliphatic carbocycles. The van der Waals surface area contributed by atoms with Crippen molar-refractivity contribution in [1.29, 1.82) is 0 Å². The van der Waals surface area contributed by atoms with Crippen molar-refractivity contribution in [3.8, 4) is 0 Å². The highest BCUT2D eigenvalue weighted by molar-refractivity contribution is 5.17. The second-order valence-corrected chi connectivity index (χ2v) is 5.29. The average molecular weight is 248 g/mol. The van der Waals surface area contributed by atoms with Crippen LogP contribution in [0.2, 0.25) is 0 Å². The molecule has 0 aromatic heterocycles. The maximum Gasteiger partial charge on any atom is 0.0917 e. The molecule has 1 heterocycles. The van der Waals surface area contributed by atoms with E-state index in [1.165, 1.54) is 12.8 Å². The summed E-state index contributed by atoms with van der Waals surface area (Å²) in [6, 6.07) is 10.8. The molecule has 100 valence electrons. The molecule has 18 heavy (non-hydrogen) atoms. The molecule has 3 nitrogen and oxygen atoms in total. The summed E-state index contributed by atoms with van der Waals surface area (Å²) in [4.78, 5) is 2.38. The first-order valence-corrected chi connectivity index (χ1v) is 6.91. The normalized spacial score (nSPS) is 27.1. The molecule has 0 radical (unpaired) electrons. The van der Waals surface area contributed by atoms with Crippen LogP contribution in [0.1, 0.15) is 37.9 Å². The van der Waals surface area contributed by atoms with E-state index in [0.717, 1.165) is 12.0 Å². The van der Waals surface area contributed by atoms with Crippen molar-refractivity contribution in [3.63, 3.8) is 0 Å². The topological polar surface area (TPSA) is 49.5 Å². The fourth-order valence-corrected chi connectivity index (χ4v) is 2.90. The first-order valence-electron chi connectivity index (χ1n) is 6.91. The van der Waals surface area contributed by atoms with Crippen molar-refractivity contribution >= 4 is 0 Å². The van der Waals surface area contributed by atoms with Gasteiger partial charge in [-0.15, -0.1) is 0 Å². The minimum absolute atomic E-state index is 0.416. The van der Waals surface area contributed by atoms with Gasteiger partial charge in [-0.25, -0.2) is 0 Å². The molecule has 1 aromatic rings. The first-order chi connectivity index (χ1) is 8.72. The minimum Gasteiger partial charge on any atom is -0.387 e. The number of hydrogen-bond acceptors (Lipinski definition) is 3. The maximum atomic E-state index is 10.3. The number of nitrogens with two attached hydrogens (primary N) is 1. The molecule has 1 aliphatic heterocycles. The minimum atomic E-state index is -0.416. The van der Waals surface area contributed by atoms with Gasteiger partial charge in [0.25, 0.3) is 0 Å². The molecular weight excluding hydrogens is 224 g/mol. The third kappa shape index (κ3) is 3.10. The van der Waals surface area contributed by atoms with Gasteiger partial charge in [-0.1, -0.05) is 36.8 Å². The molecule has 1 saturated heterocycles. The highest BCUT2D eigenvalue weighted by Gasteiger charge is 2.28. The van der Waals surface area contributed by atoms with E-state index >= 15 is 0 Å². The molecule has 1 aliphatic rings. The van der Waals surface area contributed by atoms with Crippen LogP contribution in [0.25, 0.3) is 0 Å². The molecule has 0 spiro atoms. The van der Waals surface area contributed by atoms with Gasteiger partial charge in [0.05, 0.1) is 6.10 Å². The van der Waals surface area contributed by atoms with Gasteiger partial charge in [0.15, 0.2) is 0 Å². The lowest BCUT2D eigenvalue weighted by molar-refractivity contribution is 0.0377. The van der Waals surface area contributed by atoms with Crippen molar-refractivity contribution in [2.24, 2.45) is 5.73 Å². The van der Waals surface area contributed by atoms with Gasteiger partial charge in [-0.3, -0.25) is 4.90 Å². The smallest absolute Gasteiger partial charge is 0.0917 e. The highest BCUT2D eigenvalue weighted by atomic mass is 16.3. The molecule has 3 N–H and O–H groups in total. The molecule has 1 aromatic carbocycles. The monoisotopic (exact) mass is 248 g/mol. The van der Waals surface area contributed by atoms with Crippen molar-refractivity contribution in [1.82, 2.24) is 4.90 Å². The number of aliphatic hydroxyl groups excluding tert-OH is 1. The Morgan fingerprint density at radius 3 is 2.72 bits per heavy atom. The summed E-state index contributed by atoms with van der Waals surface area (Å²) in [7, 11) is 0. The zero-order chi connectivity index (χ0) is 13.0. The van der Waals surface area contributed by atoms with Gasteiger partial charge in [0.2, 0.25) is 0 Å². The van der Waals surface area contributed by atoms with Crippen LogP contribution < -0.4 is 5.73 Å². The predicted molar refractivity (Wildman–Crippen MR) is 74.3 cm³/mol. The fraction of sp³-hybridized carbons (Fsp3) is 0.600. The van der Waals surface area contributed by atoms with E-state index < -0.39 is 6.10 Å². The second-order valence-electron chi connectivity index (χ2n) is 5.29. The Hall–Kier alpha value is -0.900. The highest BCUT2D eigenvalue weighted by Crippen LogP contribution is 2.25. The number of hydrogen-bond donors (Lipinski definition) is 2. The number of likely N-dealkylation sites (tertiary alicyclic amines) is 1. The predicted octanol–water partition coefficient (Wildman–Crippen LogP) is 1.92. The number of piperidine rings is 1. The molecule has 3 heteroatoms. The van der Waals surface area contributed by atoms with Crippen LogP contribution in [0.4, 0.5) is 0 Å². The summed E-state index contributed by atoms with van der Waals surface area (Å²) in [6.07, 6.45) is 3.20. The molecule has 2 rings (SSSR count). The quantitative estimate of drug-likeness (QED) is 0.856. The number of benzene rings is 1. The summed E-state index contributed by atoms with van der Waals surface area (Å²) in [5.41, 5.74) is 6.84. The molecule has 1 fully saturated rings. The third-order valence-electron chi connectivity index (χ3n) is 4.03. The molecular formula is C15H24N2O. The van der Waals surface area contributed by atoms with Crippen LogP contribution in [-0.4, -0.2) is 35.2 Å². The van der Waals surface area contributed by atoms with Crippen molar-refractivity contribution < 1.29 is 5.11 Å². The van der Waals surface area contributed by atoms with E-state index in [2.05, 4.69) is 11.8 Å². The van der Waals surface area contributed by atoms with Gasteiger partial charge < -0.3 is 10.8 Å². The van der Waals surface area contributed by atoms with Crippen LogP contribution >= 0.6 is 0 Å². The Morgan fingerprint density at radius 2 is 2.06 bits per heavy atom. The number of nitrogens with zero attached hydrogens (tertiary/aromatic N) is 1. The van der Waals surface area contributed by atoms with E-state index in [1.807, 2.05) is 30.3 Å². The maximum absolute atomic E-state index is 10.3. The Labute approximate surface area is 110 Å². The van der Waals surface area contributed by atoms with Crippen molar-refractivity contribution in [3.05, 3.63) is 35.9 Å². The zero-order valence-electron chi connectivity index (χ0n) is 11.1. The van der Waals surface area contributed by atoms with Crippen LogP contribution in [0.3, 0.4) is 0 Å². The summed E-state index contributed by atoms with van der Waals surface area (Å²) >= 11 is 0. The zero-order valence-corrected chi connectivity index (χ0v) is 11.1. The lowest BCUT2D eigenvalue weighted by Gasteiger charge is -2.41. The van der Waals surface area contributed by atoms with Crippen molar-refractivity contribution in [2.75, 3.05) is 13.1 Å². The van der Waals surface area contributed by atoms with Crippen LogP contribution in [0.5, 0.6) is 0 Å². The Morgan fingerprint density at radius 1 is 1.33 bits per heavy atom.